The molecule has 1 unspecified atom stereocenters. The summed E-state index contributed by atoms with van der Waals surface area (Å²) in [7, 11) is 0. The highest BCUT2D eigenvalue weighted by Crippen LogP contribution is 2.23. The number of imidazole rings is 1. The molecule has 0 amide bonds. The monoisotopic (exact) mass is 301 g/mol. The van der Waals surface area contributed by atoms with E-state index in [0.29, 0.717) is 12.0 Å². The van der Waals surface area contributed by atoms with Gasteiger partial charge in [0.05, 0.1) is 30.4 Å². The molecule has 1 N–H and O–H groups in total. The number of para-hydroxylation sites is 2. The third kappa shape index (κ3) is 2.96. The van der Waals surface area contributed by atoms with Crippen molar-refractivity contribution >= 4 is 17.0 Å². The van der Waals surface area contributed by atoms with Crippen molar-refractivity contribution in [3.8, 4) is 0 Å². The zero-order valence-corrected chi connectivity index (χ0v) is 12.8. The number of nitrogens with one attached hydrogen (secondary N) is 1. The van der Waals surface area contributed by atoms with Crippen molar-refractivity contribution in [3.05, 3.63) is 24.3 Å². The summed E-state index contributed by atoms with van der Waals surface area (Å²) in [6.45, 7) is 4.64. The Hall–Kier alpha value is -1.59. The van der Waals surface area contributed by atoms with Gasteiger partial charge >= 0.3 is 0 Å². The fourth-order valence-corrected chi connectivity index (χ4v) is 3.31. The Labute approximate surface area is 130 Å². The van der Waals surface area contributed by atoms with Crippen LogP contribution in [0.4, 0.5) is 5.95 Å². The van der Waals surface area contributed by atoms with Gasteiger partial charge in [-0.15, -0.1) is 0 Å². The Bertz CT molecular complexity index is 580. The second-order valence-corrected chi connectivity index (χ2v) is 6.33. The minimum Gasteiger partial charge on any atom is -0.381 e. The molecule has 1 atom stereocenters. The van der Waals surface area contributed by atoms with Crippen LogP contribution in [0, 0.1) is 5.92 Å². The molecule has 5 nitrogen and oxygen atoms in total. The summed E-state index contributed by atoms with van der Waals surface area (Å²) in [5, 5.41) is 0. The van der Waals surface area contributed by atoms with E-state index in [0.717, 1.165) is 69.2 Å². The van der Waals surface area contributed by atoms with Gasteiger partial charge in [0.25, 0.3) is 0 Å². The molecule has 4 rings (SSSR count). The number of anilines is 1. The normalized spacial score (nSPS) is 23.5. The molecule has 1 aromatic carbocycles. The van der Waals surface area contributed by atoms with Crippen LogP contribution in [0.1, 0.15) is 19.3 Å². The van der Waals surface area contributed by atoms with Gasteiger partial charge in [0.1, 0.15) is 0 Å². The molecule has 2 saturated heterocycles. The van der Waals surface area contributed by atoms with E-state index >= 15 is 0 Å². The second kappa shape index (κ2) is 6.26. The molecule has 0 saturated carbocycles. The van der Waals surface area contributed by atoms with Crippen LogP contribution < -0.4 is 4.90 Å². The van der Waals surface area contributed by atoms with Crippen molar-refractivity contribution in [2.75, 3.05) is 37.8 Å². The Kier molecular flexibility index (Phi) is 3.99. The highest BCUT2D eigenvalue weighted by molar-refractivity contribution is 5.77. The summed E-state index contributed by atoms with van der Waals surface area (Å²) in [4.78, 5) is 10.4. The largest absolute Gasteiger partial charge is 0.381 e. The number of fused-ring (bicyclic) bond motifs is 1. The molecule has 1 aromatic heterocycles. The first kappa shape index (κ1) is 14.0. The van der Waals surface area contributed by atoms with E-state index in [1.54, 1.807) is 0 Å². The highest BCUT2D eigenvalue weighted by atomic mass is 16.5. The average Bonchev–Trinajstić information content (AvgIpc) is 3.22. The lowest BCUT2D eigenvalue weighted by Crippen LogP contribution is -2.38. The second-order valence-electron chi connectivity index (χ2n) is 6.33. The molecule has 2 aliphatic rings. The van der Waals surface area contributed by atoms with Crippen molar-refractivity contribution in [3.63, 3.8) is 0 Å². The smallest absolute Gasteiger partial charge is 0.203 e. The van der Waals surface area contributed by atoms with Gasteiger partial charge in [-0.25, -0.2) is 4.98 Å². The number of aromatic amines is 1. The molecule has 0 aliphatic carbocycles. The maximum absolute atomic E-state index is 6.07. The molecular formula is C17H23N3O2. The maximum atomic E-state index is 6.07. The van der Waals surface area contributed by atoms with Gasteiger partial charge in [0, 0.05) is 25.6 Å². The number of hydrogen-bond donors (Lipinski definition) is 1. The molecule has 2 aliphatic heterocycles. The summed E-state index contributed by atoms with van der Waals surface area (Å²) in [6.07, 6.45) is 3.69. The number of aromatic nitrogens is 2. The van der Waals surface area contributed by atoms with Crippen LogP contribution in [0.15, 0.2) is 24.3 Å². The zero-order valence-electron chi connectivity index (χ0n) is 12.8. The summed E-state index contributed by atoms with van der Waals surface area (Å²) in [5.74, 6) is 1.59. The third-order valence-corrected chi connectivity index (χ3v) is 4.71. The number of piperidine rings is 1. The van der Waals surface area contributed by atoms with E-state index in [1.165, 1.54) is 0 Å². The number of hydrogen-bond acceptors (Lipinski definition) is 4. The number of ether oxygens (including phenoxy) is 2. The van der Waals surface area contributed by atoms with Gasteiger partial charge in [0.2, 0.25) is 5.95 Å². The SMILES string of the molecule is c1ccc2[nH]c(N3CCC(OCC4CCOC4)CC3)nc2c1. The maximum Gasteiger partial charge on any atom is 0.203 e. The predicted molar refractivity (Wildman–Crippen MR) is 86.2 cm³/mol. The Morgan fingerprint density at radius 1 is 1.23 bits per heavy atom. The number of nitrogens with zero attached hydrogens (tertiary/aromatic N) is 2. The number of rotatable bonds is 4. The third-order valence-electron chi connectivity index (χ3n) is 4.71. The van der Waals surface area contributed by atoms with E-state index in [9.17, 15) is 0 Å². The van der Waals surface area contributed by atoms with Crippen LogP contribution in [-0.4, -0.2) is 49.0 Å². The highest BCUT2D eigenvalue weighted by Gasteiger charge is 2.24. The molecule has 0 spiro atoms. The molecule has 0 radical (unpaired) electrons. The van der Waals surface area contributed by atoms with Crippen molar-refractivity contribution in [1.82, 2.24) is 9.97 Å². The molecular weight excluding hydrogens is 278 g/mol. The van der Waals surface area contributed by atoms with Crippen LogP contribution in [-0.2, 0) is 9.47 Å². The lowest BCUT2D eigenvalue weighted by Gasteiger charge is -2.32. The summed E-state index contributed by atoms with van der Waals surface area (Å²) >= 11 is 0. The minimum atomic E-state index is 0.390. The van der Waals surface area contributed by atoms with Gasteiger partial charge in [-0.05, 0) is 31.4 Å². The average molecular weight is 301 g/mol. The van der Waals surface area contributed by atoms with E-state index in [1.807, 2.05) is 12.1 Å². The fourth-order valence-electron chi connectivity index (χ4n) is 3.31. The van der Waals surface area contributed by atoms with Gasteiger partial charge in [-0.3, -0.25) is 0 Å². The zero-order chi connectivity index (χ0) is 14.8. The van der Waals surface area contributed by atoms with Gasteiger partial charge in [-0.1, -0.05) is 12.1 Å². The van der Waals surface area contributed by atoms with E-state index in [2.05, 4.69) is 27.0 Å². The molecule has 0 bridgehead atoms. The Balaban J connectivity index is 1.31. The van der Waals surface area contributed by atoms with Crippen LogP contribution in [0.2, 0.25) is 0 Å². The number of benzene rings is 1. The lowest BCUT2D eigenvalue weighted by molar-refractivity contribution is 0.0130. The first-order valence-electron chi connectivity index (χ1n) is 8.27. The molecule has 5 heteroatoms. The topological polar surface area (TPSA) is 50.4 Å². The molecule has 2 fully saturated rings. The quantitative estimate of drug-likeness (QED) is 0.943. The van der Waals surface area contributed by atoms with E-state index in [-0.39, 0.29) is 0 Å². The fraction of sp³-hybridized carbons (Fsp3) is 0.588. The first-order valence-corrected chi connectivity index (χ1v) is 8.27. The van der Waals surface area contributed by atoms with Crippen LogP contribution in [0.5, 0.6) is 0 Å². The lowest BCUT2D eigenvalue weighted by atomic mass is 10.1. The summed E-state index contributed by atoms with van der Waals surface area (Å²) in [6, 6.07) is 8.19. The van der Waals surface area contributed by atoms with Gasteiger partial charge < -0.3 is 19.4 Å². The van der Waals surface area contributed by atoms with Crippen molar-refractivity contribution in [1.29, 1.82) is 0 Å². The molecule has 22 heavy (non-hydrogen) atoms. The van der Waals surface area contributed by atoms with E-state index in [4.69, 9.17) is 9.47 Å². The first-order chi connectivity index (χ1) is 10.9. The Morgan fingerprint density at radius 2 is 2.09 bits per heavy atom. The van der Waals surface area contributed by atoms with Crippen molar-refractivity contribution in [2.45, 2.75) is 25.4 Å². The standard InChI is InChI=1S/C17H23N3O2/c1-2-4-16-15(3-1)18-17(19-16)20-8-5-14(6-9-20)22-12-13-7-10-21-11-13/h1-4,13-14H,5-12H2,(H,18,19). The van der Waals surface area contributed by atoms with Crippen LogP contribution >= 0.6 is 0 Å². The van der Waals surface area contributed by atoms with Crippen LogP contribution in [0.25, 0.3) is 11.0 Å². The van der Waals surface area contributed by atoms with Crippen LogP contribution in [0.3, 0.4) is 0 Å². The molecule has 2 aromatic rings. The van der Waals surface area contributed by atoms with Crippen molar-refractivity contribution < 1.29 is 9.47 Å². The van der Waals surface area contributed by atoms with Crippen molar-refractivity contribution in [2.24, 2.45) is 5.92 Å². The predicted octanol–water partition coefficient (Wildman–Crippen LogP) is 2.58. The summed E-state index contributed by atoms with van der Waals surface area (Å²) in [5.41, 5.74) is 2.15. The molecule has 118 valence electrons. The van der Waals surface area contributed by atoms with Gasteiger partial charge in [0.15, 0.2) is 0 Å². The molecule has 3 heterocycles. The minimum absolute atomic E-state index is 0.390. The summed E-state index contributed by atoms with van der Waals surface area (Å²) < 4.78 is 11.5. The van der Waals surface area contributed by atoms with E-state index < -0.39 is 0 Å². The van der Waals surface area contributed by atoms with Gasteiger partial charge in [-0.2, -0.15) is 0 Å². The Morgan fingerprint density at radius 3 is 2.86 bits per heavy atom. The number of H-pyrrole nitrogens is 1.